The van der Waals surface area contributed by atoms with Crippen LogP contribution in [0.4, 0.5) is 5.69 Å². The molecule has 1 N–H and O–H groups in total. The Balaban J connectivity index is 1.92. The number of anilines is 1. The summed E-state index contributed by atoms with van der Waals surface area (Å²) in [5, 5.41) is 8.38. The lowest BCUT2D eigenvalue weighted by atomic mass is 10.2. The zero-order chi connectivity index (χ0) is 14.7. The Kier molecular flexibility index (Phi) is 4.48. The molecule has 2 nitrogen and oxygen atoms in total. The number of benzene rings is 1. The first-order valence-corrected chi connectivity index (χ1v) is 8.58. The fraction of sp³-hybridized carbons (Fsp3) is 0.125. The van der Waals surface area contributed by atoms with E-state index in [9.17, 15) is 0 Å². The van der Waals surface area contributed by atoms with Crippen molar-refractivity contribution >= 4 is 40.0 Å². The average molecular weight is 336 g/mol. The van der Waals surface area contributed by atoms with Crippen LogP contribution in [0.3, 0.4) is 0 Å². The van der Waals surface area contributed by atoms with Crippen LogP contribution in [0.25, 0.3) is 0 Å². The van der Waals surface area contributed by atoms with Gasteiger partial charge in [0.15, 0.2) is 0 Å². The van der Waals surface area contributed by atoms with Crippen molar-refractivity contribution in [1.29, 1.82) is 0 Å². The van der Waals surface area contributed by atoms with Crippen molar-refractivity contribution in [3.8, 4) is 5.75 Å². The highest BCUT2D eigenvalue weighted by molar-refractivity contribution is 7.11. The normalized spacial score (nSPS) is 10.8. The van der Waals surface area contributed by atoms with E-state index in [1.54, 1.807) is 29.8 Å². The molecule has 0 radical (unpaired) electrons. The molecule has 0 aliphatic heterocycles. The van der Waals surface area contributed by atoms with Crippen LogP contribution in [0.1, 0.15) is 15.8 Å². The topological polar surface area (TPSA) is 21.3 Å². The van der Waals surface area contributed by atoms with Crippen molar-refractivity contribution in [1.82, 2.24) is 0 Å². The van der Waals surface area contributed by atoms with E-state index in [1.807, 2.05) is 18.2 Å². The summed E-state index contributed by atoms with van der Waals surface area (Å²) < 4.78 is 5.28. The summed E-state index contributed by atoms with van der Waals surface area (Å²) in [6.07, 6.45) is 0. The van der Waals surface area contributed by atoms with Gasteiger partial charge in [-0.15, -0.1) is 22.7 Å². The number of ether oxygens (including phenoxy) is 1. The Labute approximate surface area is 137 Å². The minimum Gasteiger partial charge on any atom is -0.495 e. The summed E-state index contributed by atoms with van der Waals surface area (Å²) >= 11 is 9.58. The van der Waals surface area contributed by atoms with E-state index in [0.717, 1.165) is 5.69 Å². The molecule has 2 heterocycles. The van der Waals surface area contributed by atoms with Gasteiger partial charge in [-0.3, -0.25) is 0 Å². The minimum atomic E-state index is 0.149. The molecule has 0 aliphatic carbocycles. The fourth-order valence-electron chi connectivity index (χ4n) is 2.11. The van der Waals surface area contributed by atoms with E-state index < -0.39 is 0 Å². The maximum absolute atomic E-state index is 6.08. The van der Waals surface area contributed by atoms with Gasteiger partial charge < -0.3 is 10.1 Å². The first-order chi connectivity index (χ1) is 10.3. The predicted octanol–water partition coefficient (Wildman–Crippen LogP) is 5.67. The lowest BCUT2D eigenvalue weighted by molar-refractivity contribution is 0.415. The second-order valence-corrected chi connectivity index (χ2v) is 6.82. The average Bonchev–Trinajstić information content (AvgIpc) is 3.20. The number of thiophene rings is 2. The summed E-state index contributed by atoms with van der Waals surface area (Å²) in [6.45, 7) is 0. The SMILES string of the molecule is COc1cc(NC(c2cccs2)c2cccs2)ccc1Cl. The lowest BCUT2D eigenvalue weighted by Crippen LogP contribution is -2.09. The van der Waals surface area contributed by atoms with Gasteiger partial charge in [-0.05, 0) is 35.0 Å². The second kappa shape index (κ2) is 6.52. The van der Waals surface area contributed by atoms with Gasteiger partial charge in [0, 0.05) is 21.5 Å². The van der Waals surface area contributed by atoms with Gasteiger partial charge in [0.2, 0.25) is 0 Å². The van der Waals surface area contributed by atoms with Crippen LogP contribution in [0.2, 0.25) is 5.02 Å². The van der Waals surface area contributed by atoms with Crippen LogP contribution in [-0.4, -0.2) is 7.11 Å². The van der Waals surface area contributed by atoms with Crippen LogP contribution in [0.15, 0.2) is 53.2 Å². The Bertz CT molecular complexity index is 661. The molecule has 5 heteroatoms. The lowest BCUT2D eigenvalue weighted by Gasteiger charge is -2.18. The van der Waals surface area contributed by atoms with Gasteiger partial charge in [0.1, 0.15) is 5.75 Å². The standard InChI is InChI=1S/C16H14ClNOS2/c1-19-13-10-11(6-7-12(13)17)18-16(14-4-2-8-20-14)15-5-3-9-21-15/h2-10,16,18H,1H3. The first kappa shape index (κ1) is 14.4. The molecular weight excluding hydrogens is 322 g/mol. The van der Waals surface area contributed by atoms with E-state index in [4.69, 9.17) is 16.3 Å². The van der Waals surface area contributed by atoms with Gasteiger partial charge in [-0.2, -0.15) is 0 Å². The third-order valence-electron chi connectivity index (χ3n) is 3.12. The van der Waals surface area contributed by atoms with Crippen LogP contribution in [0.5, 0.6) is 5.75 Å². The second-order valence-electron chi connectivity index (χ2n) is 4.46. The van der Waals surface area contributed by atoms with Gasteiger partial charge in [0.05, 0.1) is 18.2 Å². The van der Waals surface area contributed by atoms with E-state index in [-0.39, 0.29) is 6.04 Å². The number of hydrogen-bond donors (Lipinski definition) is 1. The molecule has 2 aromatic heterocycles. The number of halogens is 1. The van der Waals surface area contributed by atoms with Gasteiger partial charge in [0.25, 0.3) is 0 Å². The largest absolute Gasteiger partial charge is 0.495 e. The molecule has 0 fully saturated rings. The van der Waals surface area contributed by atoms with Crippen molar-refractivity contribution in [3.05, 3.63) is 68.0 Å². The molecule has 0 atom stereocenters. The molecule has 0 bridgehead atoms. The zero-order valence-electron chi connectivity index (χ0n) is 11.4. The van der Waals surface area contributed by atoms with E-state index in [1.165, 1.54) is 9.75 Å². The predicted molar refractivity (Wildman–Crippen MR) is 92.1 cm³/mol. The number of nitrogens with one attached hydrogen (secondary N) is 1. The van der Waals surface area contributed by atoms with E-state index in [0.29, 0.717) is 10.8 Å². The van der Waals surface area contributed by atoms with Crippen LogP contribution in [0, 0.1) is 0 Å². The summed E-state index contributed by atoms with van der Waals surface area (Å²) in [6, 6.07) is 14.3. The molecule has 0 aliphatic rings. The highest BCUT2D eigenvalue weighted by Gasteiger charge is 2.16. The van der Waals surface area contributed by atoms with Crippen molar-refractivity contribution < 1.29 is 4.74 Å². The molecule has 3 rings (SSSR count). The highest BCUT2D eigenvalue weighted by Crippen LogP contribution is 2.34. The monoisotopic (exact) mass is 335 g/mol. The molecule has 0 spiro atoms. The van der Waals surface area contributed by atoms with Crippen molar-refractivity contribution in [2.75, 3.05) is 12.4 Å². The minimum absolute atomic E-state index is 0.149. The van der Waals surface area contributed by atoms with E-state index >= 15 is 0 Å². The number of hydrogen-bond acceptors (Lipinski definition) is 4. The molecule has 1 aromatic carbocycles. The van der Waals surface area contributed by atoms with Crippen molar-refractivity contribution in [3.63, 3.8) is 0 Å². The third kappa shape index (κ3) is 3.23. The molecule has 108 valence electrons. The number of rotatable bonds is 5. The summed E-state index contributed by atoms with van der Waals surface area (Å²) in [7, 11) is 1.63. The number of methoxy groups -OCH3 is 1. The maximum Gasteiger partial charge on any atom is 0.139 e. The summed E-state index contributed by atoms with van der Waals surface area (Å²) in [4.78, 5) is 2.57. The molecule has 21 heavy (non-hydrogen) atoms. The summed E-state index contributed by atoms with van der Waals surface area (Å²) in [5.74, 6) is 0.678. The van der Waals surface area contributed by atoms with Crippen LogP contribution < -0.4 is 10.1 Å². The first-order valence-electron chi connectivity index (χ1n) is 6.45. The molecule has 3 aromatic rings. The van der Waals surface area contributed by atoms with Crippen molar-refractivity contribution in [2.24, 2.45) is 0 Å². The van der Waals surface area contributed by atoms with E-state index in [2.05, 4.69) is 40.3 Å². The Morgan fingerprint density at radius 3 is 2.24 bits per heavy atom. The van der Waals surface area contributed by atoms with Gasteiger partial charge in [-0.1, -0.05) is 23.7 Å². The van der Waals surface area contributed by atoms with Crippen molar-refractivity contribution in [2.45, 2.75) is 6.04 Å². The Morgan fingerprint density at radius 1 is 1.05 bits per heavy atom. The molecule has 0 saturated heterocycles. The van der Waals surface area contributed by atoms with Gasteiger partial charge >= 0.3 is 0 Å². The summed E-state index contributed by atoms with van der Waals surface area (Å²) in [5.41, 5.74) is 0.989. The molecule has 0 unspecified atom stereocenters. The fourth-order valence-corrected chi connectivity index (χ4v) is 3.97. The molecule has 0 saturated carbocycles. The zero-order valence-corrected chi connectivity index (χ0v) is 13.8. The molecule has 0 amide bonds. The Morgan fingerprint density at radius 2 is 1.71 bits per heavy atom. The van der Waals surface area contributed by atoms with Gasteiger partial charge in [-0.25, -0.2) is 0 Å². The highest BCUT2D eigenvalue weighted by atomic mass is 35.5. The molecular formula is C16H14ClNOS2. The smallest absolute Gasteiger partial charge is 0.139 e. The quantitative estimate of drug-likeness (QED) is 0.648. The Hall–Kier alpha value is -1.49. The van der Waals surface area contributed by atoms with Crippen LogP contribution >= 0.6 is 34.3 Å². The maximum atomic E-state index is 6.08. The third-order valence-corrected chi connectivity index (χ3v) is 5.30. The van der Waals surface area contributed by atoms with Crippen LogP contribution in [-0.2, 0) is 0 Å².